The fourth-order valence-corrected chi connectivity index (χ4v) is 3.00. The van der Waals surface area contributed by atoms with Gasteiger partial charge in [0.2, 0.25) is 15.9 Å². The van der Waals surface area contributed by atoms with Gasteiger partial charge in [-0.05, 0) is 37.1 Å². The number of methoxy groups -OCH3 is 1. The summed E-state index contributed by atoms with van der Waals surface area (Å²) in [5.41, 5.74) is 6.08. The Morgan fingerprint density at radius 1 is 1.38 bits per heavy atom. The monoisotopic (exact) mass is 313 g/mol. The Balaban J connectivity index is 2.00. The summed E-state index contributed by atoms with van der Waals surface area (Å²) in [6, 6.07) is 5.23. The van der Waals surface area contributed by atoms with Crippen LogP contribution in [0.15, 0.2) is 29.2 Å². The molecule has 0 spiro atoms. The molecule has 2 rings (SSSR count). The van der Waals surface area contributed by atoms with E-state index in [9.17, 15) is 13.2 Å². The second kappa shape index (κ2) is 6.52. The van der Waals surface area contributed by atoms with Crippen molar-refractivity contribution in [1.29, 1.82) is 0 Å². The number of nitrogens with one attached hydrogen (secondary N) is 2. The summed E-state index contributed by atoms with van der Waals surface area (Å²) >= 11 is 0. The largest absolute Gasteiger partial charge is 0.383 e. The number of hydrogen-bond donors (Lipinski definition) is 3. The summed E-state index contributed by atoms with van der Waals surface area (Å²) in [5.74, 6) is -0.386. The van der Waals surface area contributed by atoms with Gasteiger partial charge in [-0.3, -0.25) is 4.79 Å². The van der Waals surface area contributed by atoms with Crippen molar-refractivity contribution in [2.24, 2.45) is 5.73 Å². The first-order chi connectivity index (χ1) is 9.92. The number of carbonyl (C=O) groups excluding carboxylic acids is 1. The maximum Gasteiger partial charge on any atom is 0.243 e. The molecule has 1 aliphatic carbocycles. The number of amides is 1. The molecule has 0 radical (unpaired) electrons. The van der Waals surface area contributed by atoms with Crippen LogP contribution in [0.3, 0.4) is 0 Å². The highest BCUT2D eigenvalue weighted by atomic mass is 32.2. The Bertz CT molecular complexity index is 596. The van der Waals surface area contributed by atoms with Crippen LogP contribution in [0.2, 0.25) is 0 Å². The van der Waals surface area contributed by atoms with Gasteiger partial charge in [-0.25, -0.2) is 13.1 Å². The summed E-state index contributed by atoms with van der Waals surface area (Å²) in [6.07, 6.45) is 1.76. The van der Waals surface area contributed by atoms with Crippen molar-refractivity contribution in [1.82, 2.24) is 4.72 Å². The number of ether oxygens (including phenoxy) is 1. The minimum absolute atomic E-state index is 0.0569. The molecule has 1 fully saturated rings. The lowest BCUT2D eigenvalue weighted by atomic mass is 10.2. The van der Waals surface area contributed by atoms with Gasteiger partial charge in [-0.15, -0.1) is 0 Å². The highest BCUT2D eigenvalue weighted by Crippen LogP contribution is 2.22. The standard InChI is InChI=1S/C13H19N3O4S/c1-20-8-12(14)13(17)15-9-4-6-11(7-5-9)21(18,19)16-10-2-3-10/h4-7,10,12,16H,2-3,8,14H2,1H3,(H,15,17). The number of hydrogen-bond acceptors (Lipinski definition) is 5. The van der Waals surface area contributed by atoms with Gasteiger partial charge in [0.05, 0.1) is 11.5 Å². The molecule has 0 heterocycles. The smallest absolute Gasteiger partial charge is 0.243 e. The molecule has 0 bridgehead atoms. The maximum atomic E-state index is 12.0. The average Bonchev–Trinajstić information content (AvgIpc) is 3.23. The molecule has 1 aromatic rings. The molecule has 0 saturated heterocycles. The third-order valence-electron chi connectivity index (χ3n) is 3.01. The van der Waals surface area contributed by atoms with Crippen molar-refractivity contribution in [3.8, 4) is 0 Å². The van der Waals surface area contributed by atoms with Crippen LogP contribution < -0.4 is 15.8 Å². The third kappa shape index (κ3) is 4.50. The zero-order chi connectivity index (χ0) is 15.5. The van der Waals surface area contributed by atoms with Crippen molar-refractivity contribution < 1.29 is 17.9 Å². The van der Waals surface area contributed by atoms with E-state index in [0.717, 1.165) is 12.8 Å². The van der Waals surface area contributed by atoms with Crippen LogP contribution in [0, 0.1) is 0 Å². The highest BCUT2D eigenvalue weighted by molar-refractivity contribution is 7.89. The van der Waals surface area contributed by atoms with Crippen LogP contribution in [0.4, 0.5) is 5.69 Å². The molecule has 21 heavy (non-hydrogen) atoms. The molecular weight excluding hydrogens is 294 g/mol. The molecule has 0 aromatic heterocycles. The molecule has 4 N–H and O–H groups in total. The molecule has 1 aromatic carbocycles. The first kappa shape index (κ1) is 15.9. The van der Waals surface area contributed by atoms with Gasteiger partial charge in [0.1, 0.15) is 6.04 Å². The summed E-state index contributed by atoms with van der Waals surface area (Å²) < 4.78 is 31.3. The molecule has 1 unspecified atom stereocenters. The molecule has 116 valence electrons. The summed E-state index contributed by atoms with van der Waals surface area (Å²) in [6.45, 7) is 0.115. The first-order valence-electron chi connectivity index (χ1n) is 6.60. The van der Waals surface area contributed by atoms with E-state index in [4.69, 9.17) is 10.5 Å². The van der Waals surface area contributed by atoms with E-state index in [-0.39, 0.29) is 23.5 Å². The van der Waals surface area contributed by atoms with Gasteiger partial charge >= 0.3 is 0 Å². The number of carbonyl (C=O) groups is 1. The highest BCUT2D eigenvalue weighted by Gasteiger charge is 2.27. The van der Waals surface area contributed by atoms with Gasteiger partial charge in [0.25, 0.3) is 0 Å². The Morgan fingerprint density at radius 3 is 2.52 bits per heavy atom. The fraction of sp³-hybridized carbons (Fsp3) is 0.462. The van der Waals surface area contributed by atoms with Crippen molar-refractivity contribution in [3.63, 3.8) is 0 Å². The zero-order valence-corrected chi connectivity index (χ0v) is 12.5. The molecule has 1 amide bonds. The molecule has 0 aliphatic heterocycles. The van der Waals surface area contributed by atoms with Gasteiger partial charge in [0, 0.05) is 18.8 Å². The number of benzene rings is 1. The number of anilines is 1. The predicted molar refractivity (Wildman–Crippen MR) is 78.3 cm³/mol. The zero-order valence-electron chi connectivity index (χ0n) is 11.7. The van der Waals surface area contributed by atoms with E-state index in [0.29, 0.717) is 5.69 Å². The second-order valence-electron chi connectivity index (χ2n) is 4.97. The average molecular weight is 313 g/mol. The summed E-state index contributed by atoms with van der Waals surface area (Å²) in [4.78, 5) is 11.9. The van der Waals surface area contributed by atoms with Gasteiger partial charge in [0.15, 0.2) is 0 Å². The van der Waals surface area contributed by atoms with Crippen LogP contribution in [0.1, 0.15) is 12.8 Å². The Hall–Kier alpha value is -1.48. The lowest BCUT2D eigenvalue weighted by Gasteiger charge is -2.11. The molecule has 8 heteroatoms. The minimum Gasteiger partial charge on any atom is -0.383 e. The number of rotatable bonds is 7. The maximum absolute atomic E-state index is 12.0. The van der Waals surface area contributed by atoms with E-state index in [2.05, 4.69) is 10.0 Å². The predicted octanol–water partition coefficient (Wildman–Crippen LogP) is 0.0395. The normalized spacial score (nSPS) is 16.5. The van der Waals surface area contributed by atoms with Gasteiger partial charge in [-0.2, -0.15) is 0 Å². The Morgan fingerprint density at radius 2 is 2.00 bits per heavy atom. The minimum atomic E-state index is -3.47. The van der Waals surface area contributed by atoms with Crippen LogP contribution in [0.5, 0.6) is 0 Å². The van der Waals surface area contributed by atoms with Gasteiger partial charge < -0.3 is 15.8 Å². The lowest BCUT2D eigenvalue weighted by Crippen LogP contribution is -2.39. The quantitative estimate of drug-likeness (QED) is 0.658. The van der Waals surface area contributed by atoms with E-state index < -0.39 is 16.1 Å². The second-order valence-corrected chi connectivity index (χ2v) is 6.69. The molecule has 1 saturated carbocycles. The number of nitrogens with two attached hydrogens (primary N) is 1. The van der Waals surface area contributed by atoms with Crippen molar-refractivity contribution >= 4 is 21.6 Å². The molecule has 7 nitrogen and oxygen atoms in total. The van der Waals surface area contributed by atoms with Crippen LogP contribution in [0.25, 0.3) is 0 Å². The van der Waals surface area contributed by atoms with Crippen LogP contribution >= 0.6 is 0 Å². The van der Waals surface area contributed by atoms with Crippen LogP contribution in [-0.2, 0) is 19.6 Å². The summed E-state index contributed by atoms with van der Waals surface area (Å²) in [7, 11) is -2.02. The van der Waals surface area contributed by atoms with E-state index in [1.165, 1.54) is 31.4 Å². The van der Waals surface area contributed by atoms with E-state index in [1.54, 1.807) is 0 Å². The van der Waals surface area contributed by atoms with Crippen LogP contribution in [-0.4, -0.2) is 40.1 Å². The topological polar surface area (TPSA) is 111 Å². The molecule has 1 aliphatic rings. The lowest BCUT2D eigenvalue weighted by molar-refractivity contribution is -0.118. The fourth-order valence-electron chi connectivity index (χ4n) is 1.70. The van der Waals surface area contributed by atoms with E-state index >= 15 is 0 Å². The third-order valence-corrected chi connectivity index (χ3v) is 4.55. The Kier molecular flexibility index (Phi) is 4.94. The Labute approximate surface area is 123 Å². The molecule has 1 atom stereocenters. The molecular formula is C13H19N3O4S. The SMILES string of the molecule is COCC(N)C(=O)Nc1ccc(S(=O)(=O)NC2CC2)cc1. The van der Waals surface area contributed by atoms with Gasteiger partial charge in [-0.1, -0.05) is 0 Å². The van der Waals surface area contributed by atoms with Crippen molar-refractivity contribution in [2.75, 3.05) is 19.0 Å². The number of sulfonamides is 1. The first-order valence-corrected chi connectivity index (χ1v) is 8.08. The van der Waals surface area contributed by atoms with E-state index in [1.807, 2.05) is 0 Å². The summed E-state index contributed by atoms with van der Waals surface area (Å²) in [5, 5.41) is 2.60. The van der Waals surface area contributed by atoms with Crippen molar-refractivity contribution in [3.05, 3.63) is 24.3 Å². The van der Waals surface area contributed by atoms with Crippen molar-refractivity contribution in [2.45, 2.75) is 29.8 Å².